The first-order chi connectivity index (χ1) is 13.5. The van der Waals surface area contributed by atoms with Crippen molar-refractivity contribution in [3.63, 3.8) is 0 Å². The first kappa shape index (κ1) is 20.3. The zero-order chi connectivity index (χ0) is 19.9. The third-order valence-corrected chi connectivity index (χ3v) is 4.94. The van der Waals surface area contributed by atoms with Gasteiger partial charge in [-0.2, -0.15) is 0 Å². The molecule has 2 heterocycles. The predicted molar refractivity (Wildman–Crippen MR) is 107 cm³/mol. The third-order valence-electron chi connectivity index (χ3n) is 4.65. The highest BCUT2D eigenvalue weighted by Crippen LogP contribution is 2.24. The lowest BCUT2D eigenvalue weighted by Crippen LogP contribution is -2.38. The lowest BCUT2D eigenvalue weighted by atomic mass is 10.0. The number of amides is 1. The molecule has 8 heteroatoms. The lowest BCUT2D eigenvalue weighted by molar-refractivity contribution is -0.124. The molecular weight excluding hydrogens is 383 g/mol. The normalized spacial score (nSPS) is 15.7. The summed E-state index contributed by atoms with van der Waals surface area (Å²) in [6, 6.07) is 8.61. The summed E-state index contributed by atoms with van der Waals surface area (Å²) in [6.45, 7) is 2.68. The number of carbonyl (C=O) groups excluding carboxylic acids is 1. The minimum atomic E-state index is -0.620. The van der Waals surface area contributed by atoms with Gasteiger partial charge in [0.15, 0.2) is 0 Å². The van der Waals surface area contributed by atoms with Crippen molar-refractivity contribution in [2.24, 2.45) is 0 Å². The topological polar surface area (TPSA) is 77.5 Å². The van der Waals surface area contributed by atoms with Gasteiger partial charge in [0.25, 0.3) is 5.91 Å². The Morgan fingerprint density at radius 3 is 2.68 bits per heavy atom. The van der Waals surface area contributed by atoms with E-state index in [0.717, 1.165) is 38.0 Å². The van der Waals surface area contributed by atoms with E-state index in [0.29, 0.717) is 16.4 Å². The number of halogens is 2. The summed E-state index contributed by atoms with van der Waals surface area (Å²) in [7, 11) is 0. The Morgan fingerprint density at radius 2 is 2.04 bits per heavy atom. The standard InChI is InChI=1S/C20H22ClFN4O2/c21-18-11-15(3-6-19(27)25-28)12-23-20(18)24-17-7-9-26(10-8-17)13-14-1-4-16(22)5-2-14/h1-6,11-12,17,28H,7-10,13H2,(H,23,24)(H,25,27). The second-order valence-electron chi connectivity index (χ2n) is 6.73. The van der Waals surface area contributed by atoms with Gasteiger partial charge in [-0.05, 0) is 48.2 Å². The molecule has 1 amide bonds. The van der Waals surface area contributed by atoms with Gasteiger partial charge in [-0.1, -0.05) is 23.7 Å². The number of hydrogen-bond donors (Lipinski definition) is 3. The van der Waals surface area contributed by atoms with Gasteiger partial charge < -0.3 is 5.32 Å². The van der Waals surface area contributed by atoms with E-state index in [2.05, 4.69) is 15.2 Å². The highest BCUT2D eigenvalue weighted by Gasteiger charge is 2.20. The molecule has 3 rings (SSSR count). The molecule has 1 aromatic heterocycles. The molecule has 28 heavy (non-hydrogen) atoms. The zero-order valence-electron chi connectivity index (χ0n) is 15.2. The van der Waals surface area contributed by atoms with E-state index in [4.69, 9.17) is 16.8 Å². The Hall–Kier alpha value is -2.48. The number of pyridine rings is 1. The summed E-state index contributed by atoms with van der Waals surface area (Å²) in [5.74, 6) is -0.220. The van der Waals surface area contributed by atoms with Crippen LogP contribution in [0.15, 0.2) is 42.6 Å². The fourth-order valence-electron chi connectivity index (χ4n) is 3.14. The van der Waals surface area contributed by atoms with Crippen molar-refractivity contribution in [1.29, 1.82) is 0 Å². The van der Waals surface area contributed by atoms with Crippen LogP contribution < -0.4 is 10.8 Å². The second-order valence-corrected chi connectivity index (χ2v) is 7.14. The molecule has 2 aromatic rings. The number of benzene rings is 1. The average Bonchev–Trinajstić information content (AvgIpc) is 2.71. The molecule has 1 aliphatic rings. The summed E-state index contributed by atoms with van der Waals surface area (Å²) < 4.78 is 13.0. The van der Waals surface area contributed by atoms with Crippen molar-refractivity contribution >= 4 is 29.4 Å². The lowest BCUT2D eigenvalue weighted by Gasteiger charge is -2.32. The number of anilines is 1. The number of likely N-dealkylation sites (tertiary alicyclic amines) is 1. The third kappa shape index (κ3) is 5.76. The molecule has 148 valence electrons. The molecular formula is C20H22ClFN4O2. The minimum Gasteiger partial charge on any atom is -0.366 e. The largest absolute Gasteiger partial charge is 0.366 e. The number of aromatic nitrogens is 1. The van der Waals surface area contributed by atoms with Crippen LogP contribution in [0.5, 0.6) is 0 Å². The SMILES string of the molecule is O=C(C=Cc1cnc(NC2CCN(Cc3ccc(F)cc3)CC2)c(Cl)c1)NO. The van der Waals surface area contributed by atoms with Gasteiger partial charge in [0, 0.05) is 37.9 Å². The minimum absolute atomic E-state index is 0.214. The van der Waals surface area contributed by atoms with Gasteiger partial charge in [-0.3, -0.25) is 14.9 Å². The fourth-order valence-corrected chi connectivity index (χ4v) is 3.37. The van der Waals surface area contributed by atoms with E-state index in [1.165, 1.54) is 29.8 Å². The Labute approximate surface area is 168 Å². The van der Waals surface area contributed by atoms with Crippen LogP contribution in [0.25, 0.3) is 6.08 Å². The number of nitrogens with zero attached hydrogens (tertiary/aromatic N) is 2. The predicted octanol–water partition coefficient (Wildman–Crippen LogP) is 3.47. The summed E-state index contributed by atoms with van der Waals surface area (Å²) in [4.78, 5) is 17.7. The van der Waals surface area contributed by atoms with Gasteiger partial charge in [-0.25, -0.2) is 14.9 Å². The van der Waals surface area contributed by atoms with E-state index < -0.39 is 5.91 Å². The number of nitrogens with one attached hydrogen (secondary N) is 2. The average molecular weight is 405 g/mol. The van der Waals surface area contributed by atoms with E-state index in [1.807, 2.05) is 12.1 Å². The molecule has 0 radical (unpaired) electrons. The molecule has 0 spiro atoms. The first-order valence-electron chi connectivity index (χ1n) is 9.04. The number of rotatable bonds is 6. The summed E-state index contributed by atoms with van der Waals surface area (Å²) in [6.07, 6.45) is 6.23. The van der Waals surface area contributed by atoms with Gasteiger partial charge in [0.1, 0.15) is 11.6 Å². The maximum absolute atomic E-state index is 13.0. The van der Waals surface area contributed by atoms with Crippen LogP contribution in [0.4, 0.5) is 10.2 Å². The molecule has 0 atom stereocenters. The van der Waals surface area contributed by atoms with Crippen molar-refractivity contribution in [2.75, 3.05) is 18.4 Å². The van der Waals surface area contributed by atoms with Crippen LogP contribution in [0.1, 0.15) is 24.0 Å². The van der Waals surface area contributed by atoms with Crippen LogP contribution in [0.2, 0.25) is 5.02 Å². The quantitative estimate of drug-likeness (QED) is 0.390. The number of piperidine rings is 1. The second kappa shape index (κ2) is 9.64. The van der Waals surface area contributed by atoms with Crippen LogP contribution in [-0.4, -0.2) is 40.1 Å². The Morgan fingerprint density at radius 1 is 1.32 bits per heavy atom. The summed E-state index contributed by atoms with van der Waals surface area (Å²) in [5.41, 5.74) is 3.29. The van der Waals surface area contributed by atoms with Crippen LogP contribution in [0.3, 0.4) is 0 Å². The van der Waals surface area contributed by atoms with Crippen molar-refractivity contribution in [2.45, 2.75) is 25.4 Å². The molecule has 3 N–H and O–H groups in total. The monoisotopic (exact) mass is 404 g/mol. The molecule has 1 aromatic carbocycles. The molecule has 0 aliphatic carbocycles. The summed E-state index contributed by atoms with van der Waals surface area (Å²) in [5, 5.41) is 12.3. The number of hydroxylamine groups is 1. The van der Waals surface area contributed by atoms with Gasteiger partial charge >= 0.3 is 0 Å². The fraction of sp³-hybridized carbons (Fsp3) is 0.300. The van der Waals surface area contributed by atoms with E-state index in [9.17, 15) is 9.18 Å². The molecule has 1 saturated heterocycles. The van der Waals surface area contributed by atoms with E-state index >= 15 is 0 Å². The maximum Gasteiger partial charge on any atom is 0.267 e. The van der Waals surface area contributed by atoms with E-state index in [-0.39, 0.29) is 11.9 Å². The van der Waals surface area contributed by atoms with Gasteiger partial charge in [0.2, 0.25) is 0 Å². The number of carbonyl (C=O) groups is 1. The Balaban J connectivity index is 1.51. The molecule has 6 nitrogen and oxygen atoms in total. The number of hydrogen-bond acceptors (Lipinski definition) is 5. The van der Waals surface area contributed by atoms with Crippen molar-refractivity contribution in [3.05, 3.63) is 64.6 Å². The van der Waals surface area contributed by atoms with Crippen molar-refractivity contribution in [1.82, 2.24) is 15.4 Å². The van der Waals surface area contributed by atoms with Crippen LogP contribution in [-0.2, 0) is 11.3 Å². The van der Waals surface area contributed by atoms with Crippen LogP contribution in [0, 0.1) is 5.82 Å². The van der Waals surface area contributed by atoms with Crippen LogP contribution >= 0.6 is 11.6 Å². The van der Waals surface area contributed by atoms with Gasteiger partial charge in [0.05, 0.1) is 5.02 Å². The van der Waals surface area contributed by atoms with Crippen molar-refractivity contribution in [3.8, 4) is 0 Å². The highest BCUT2D eigenvalue weighted by atomic mass is 35.5. The molecule has 0 unspecified atom stereocenters. The Bertz CT molecular complexity index is 837. The smallest absolute Gasteiger partial charge is 0.267 e. The van der Waals surface area contributed by atoms with Crippen molar-refractivity contribution < 1.29 is 14.4 Å². The molecule has 0 bridgehead atoms. The van der Waals surface area contributed by atoms with Gasteiger partial charge in [-0.15, -0.1) is 0 Å². The first-order valence-corrected chi connectivity index (χ1v) is 9.42. The zero-order valence-corrected chi connectivity index (χ0v) is 16.0. The molecule has 0 saturated carbocycles. The highest BCUT2D eigenvalue weighted by molar-refractivity contribution is 6.33. The summed E-state index contributed by atoms with van der Waals surface area (Å²) >= 11 is 6.30. The van der Waals surface area contributed by atoms with E-state index in [1.54, 1.807) is 12.3 Å². The Kier molecular flexibility index (Phi) is 6.97. The molecule has 1 aliphatic heterocycles. The maximum atomic E-state index is 13.0. The molecule has 1 fully saturated rings.